The van der Waals surface area contributed by atoms with Crippen LogP contribution in [0.1, 0.15) is 16.7 Å². The lowest BCUT2D eigenvalue weighted by atomic mass is 10.3. The van der Waals surface area contributed by atoms with Gasteiger partial charge in [-0.2, -0.15) is 0 Å². The van der Waals surface area contributed by atoms with Crippen molar-refractivity contribution in [3.63, 3.8) is 0 Å². The second-order valence-electron chi connectivity index (χ2n) is 3.12. The molecule has 2 aromatic rings. The lowest BCUT2D eigenvalue weighted by molar-refractivity contribution is 0.154. The van der Waals surface area contributed by atoms with Gasteiger partial charge in [-0.05, 0) is 11.4 Å². The SMILES string of the molecule is OCc1cn(CC(O)c2cccs2)nn1. The number of aliphatic hydroxyl groups is 2. The van der Waals surface area contributed by atoms with Gasteiger partial charge in [0, 0.05) is 4.88 Å². The first-order valence-electron chi connectivity index (χ1n) is 4.51. The highest BCUT2D eigenvalue weighted by Gasteiger charge is 2.10. The van der Waals surface area contributed by atoms with Gasteiger partial charge in [0.15, 0.2) is 0 Å². The molecule has 80 valence electrons. The van der Waals surface area contributed by atoms with Gasteiger partial charge in [0.05, 0.1) is 19.3 Å². The molecule has 15 heavy (non-hydrogen) atoms. The molecule has 2 aromatic heterocycles. The number of thiophene rings is 1. The maximum atomic E-state index is 9.80. The first kappa shape index (κ1) is 10.3. The van der Waals surface area contributed by atoms with Crippen molar-refractivity contribution in [2.75, 3.05) is 0 Å². The molecule has 2 N–H and O–H groups in total. The van der Waals surface area contributed by atoms with Crippen molar-refractivity contribution in [3.8, 4) is 0 Å². The van der Waals surface area contributed by atoms with Crippen LogP contribution in [0.4, 0.5) is 0 Å². The fourth-order valence-corrected chi connectivity index (χ4v) is 1.95. The van der Waals surface area contributed by atoms with Crippen LogP contribution < -0.4 is 0 Å². The van der Waals surface area contributed by atoms with Crippen molar-refractivity contribution in [1.29, 1.82) is 0 Å². The molecule has 1 unspecified atom stereocenters. The van der Waals surface area contributed by atoms with Gasteiger partial charge in [0.25, 0.3) is 0 Å². The van der Waals surface area contributed by atoms with Crippen LogP contribution in [0.2, 0.25) is 0 Å². The van der Waals surface area contributed by atoms with Gasteiger partial charge in [-0.1, -0.05) is 11.3 Å². The van der Waals surface area contributed by atoms with Gasteiger partial charge in [-0.25, -0.2) is 4.68 Å². The summed E-state index contributed by atoms with van der Waals surface area (Å²) in [6.45, 7) is 0.225. The molecule has 2 rings (SSSR count). The Hall–Kier alpha value is -1.24. The molecule has 0 saturated carbocycles. The monoisotopic (exact) mass is 225 g/mol. The summed E-state index contributed by atoms with van der Waals surface area (Å²) in [6.07, 6.45) is 1.05. The summed E-state index contributed by atoms with van der Waals surface area (Å²) in [6, 6.07) is 3.77. The lowest BCUT2D eigenvalue weighted by Gasteiger charge is -2.06. The van der Waals surface area contributed by atoms with Crippen LogP contribution in [-0.2, 0) is 13.2 Å². The smallest absolute Gasteiger partial charge is 0.108 e. The number of rotatable bonds is 4. The number of nitrogens with zero attached hydrogens (tertiary/aromatic N) is 3. The van der Waals surface area contributed by atoms with Crippen molar-refractivity contribution >= 4 is 11.3 Å². The van der Waals surface area contributed by atoms with E-state index in [2.05, 4.69) is 10.3 Å². The minimum atomic E-state index is -0.571. The number of hydrogen-bond donors (Lipinski definition) is 2. The van der Waals surface area contributed by atoms with E-state index in [1.54, 1.807) is 6.20 Å². The summed E-state index contributed by atoms with van der Waals surface area (Å²) in [5.74, 6) is 0. The molecule has 0 spiro atoms. The Balaban J connectivity index is 2.02. The van der Waals surface area contributed by atoms with Crippen LogP contribution in [0.3, 0.4) is 0 Å². The van der Waals surface area contributed by atoms with Crippen LogP contribution >= 0.6 is 11.3 Å². The summed E-state index contributed by atoms with van der Waals surface area (Å²) in [4.78, 5) is 0.899. The Kier molecular flexibility index (Phi) is 3.10. The Morgan fingerprint density at radius 3 is 3.00 bits per heavy atom. The standard InChI is InChI=1S/C9H11N3O2S/c13-6-7-4-12(11-10-7)5-8(14)9-2-1-3-15-9/h1-4,8,13-14H,5-6H2. The Labute approximate surface area is 90.6 Å². The summed E-state index contributed by atoms with van der Waals surface area (Å²) < 4.78 is 1.52. The van der Waals surface area contributed by atoms with Gasteiger partial charge in [-0.3, -0.25) is 0 Å². The molecule has 0 amide bonds. The average molecular weight is 225 g/mol. The van der Waals surface area contributed by atoms with E-state index in [0.717, 1.165) is 4.88 Å². The second-order valence-corrected chi connectivity index (χ2v) is 4.10. The van der Waals surface area contributed by atoms with Gasteiger partial charge >= 0.3 is 0 Å². The second kappa shape index (κ2) is 4.52. The van der Waals surface area contributed by atoms with Crippen molar-refractivity contribution < 1.29 is 10.2 Å². The summed E-state index contributed by atoms with van der Waals surface area (Å²) in [7, 11) is 0. The molecule has 0 bridgehead atoms. The third-order valence-electron chi connectivity index (χ3n) is 1.98. The molecule has 0 aromatic carbocycles. The van der Waals surface area contributed by atoms with Crippen LogP contribution in [-0.4, -0.2) is 25.2 Å². The minimum absolute atomic E-state index is 0.130. The molecule has 5 nitrogen and oxygen atoms in total. The molecule has 2 heterocycles. The van der Waals surface area contributed by atoms with E-state index in [1.807, 2.05) is 17.5 Å². The van der Waals surface area contributed by atoms with Gasteiger partial charge < -0.3 is 10.2 Å². The molecule has 0 aliphatic carbocycles. The molecule has 0 aliphatic heterocycles. The zero-order chi connectivity index (χ0) is 10.7. The summed E-state index contributed by atoms with van der Waals surface area (Å²) >= 11 is 1.50. The van der Waals surface area contributed by atoms with Crippen LogP contribution in [0.25, 0.3) is 0 Å². The predicted octanol–water partition coefficient (Wildman–Crippen LogP) is 0.565. The third-order valence-corrected chi connectivity index (χ3v) is 2.95. The zero-order valence-electron chi connectivity index (χ0n) is 7.95. The van der Waals surface area contributed by atoms with Crippen molar-refractivity contribution in [2.45, 2.75) is 19.3 Å². The number of aliphatic hydroxyl groups excluding tert-OH is 2. The van der Waals surface area contributed by atoms with E-state index < -0.39 is 6.10 Å². The average Bonchev–Trinajstić information content (AvgIpc) is 2.87. The Morgan fingerprint density at radius 2 is 2.40 bits per heavy atom. The fraction of sp³-hybridized carbons (Fsp3) is 0.333. The molecule has 6 heteroatoms. The number of aromatic nitrogens is 3. The molecule has 0 saturated heterocycles. The normalized spacial score (nSPS) is 12.9. The molecular formula is C9H11N3O2S. The van der Waals surface area contributed by atoms with E-state index in [9.17, 15) is 5.11 Å². The Morgan fingerprint density at radius 1 is 1.53 bits per heavy atom. The summed E-state index contributed by atoms with van der Waals surface area (Å²) in [5, 5.41) is 28.0. The Bertz CT molecular complexity index is 413. The van der Waals surface area contributed by atoms with Gasteiger partial charge in [-0.15, -0.1) is 16.4 Å². The molecule has 0 aliphatic rings. The predicted molar refractivity (Wildman–Crippen MR) is 55.2 cm³/mol. The lowest BCUT2D eigenvalue weighted by Crippen LogP contribution is -2.08. The van der Waals surface area contributed by atoms with Crippen LogP contribution in [0, 0.1) is 0 Å². The van der Waals surface area contributed by atoms with E-state index in [0.29, 0.717) is 12.2 Å². The fourth-order valence-electron chi connectivity index (χ4n) is 1.25. The molecule has 1 atom stereocenters. The first-order valence-corrected chi connectivity index (χ1v) is 5.39. The van der Waals surface area contributed by atoms with E-state index in [-0.39, 0.29) is 6.61 Å². The topological polar surface area (TPSA) is 71.2 Å². The van der Waals surface area contributed by atoms with Crippen LogP contribution in [0.15, 0.2) is 23.7 Å². The molecule has 0 fully saturated rings. The van der Waals surface area contributed by atoms with E-state index >= 15 is 0 Å². The molecular weight excluding hydrogens is 214 g/mol. The van der Waals surface area contributed by atoms with Crippen molar-refractivity contribution in [2.24, 2.45) is 0 Å². The number of hydrogen-bond acceptors (Lipinski definition) is 5. The highest BCUT2D eigenvalue weighted by Crippen LogP contribution is 2.19. The highest BCUT2D eigenvalue weighted by atomic mass is 32.1. The maximum absolute atomic E-state index is 9.80. The minimum Gasteiger partial charge on any atom is -0.390 e. The zero-order valence-corrected chi connectivity index (χ0v) is 8.76. The first-order chi connectivity index (χ1) is 7.29. The maximum Gasteiger partial charge on any atom is 0.108 e. The highest BCUT2D eigenvalue weighted by molar-refractivity contribution is 7.10. The van der Waals surface area contributed by atoms with Crippen molar-refractivity contribution in [3.05, 3.63) is 34.3 Å². The van der Waals surface area contributed by atoms with E-state index in [1.165, 1.54) is 16.0 Å². The third kappa shape index (κ3) is 2.41. The quantitative estimate of drug-likeness (QED) is 0.797. The van der Waals surface area contributed by atoms with Crippen molar-refractivity contribution in [1.82, 2.24) is 15.0 Å². The molecule has 0 radical (unpaired) electrons. The largest absolute Gasteiger partial charge is 0.390 e. The van der Waals surface area contributed by atoms with Gasteiger partial charge in [0.2, 0.25) is 0 Å². The summed E-state index contributed by atoms with van der Waals surface area (Å²) in [5.41, 5.74) is 0.508. The van der Waals surface area contributed by atoms with E-state index in [4.69, 9.17) is 5.11 Å². The van der Waals surface area contributed by atoms with Gasteiger partial charge in [0.1, 0.15) is 11.8 Å². The van der Waals surface area contributed by atoms with Crippen LogP contribution in [0.5, 0.6) is 0 Å².